The number of carbonyl (C=O) groups excluding carboxylic acids is 3. The van der Waals surface area contributed by atoms with Gasteiger partial charge in [-0.15, -0.1) is 0 Å². The molecule has 0 aliphatic carbocycles. The van der Waals surface area contributed by atoms with Crippen molar-refractivity contribution in [3.8, 4) is 0 Å². The second-order valence-electron chi connectivity index (χ2n) is 8.17. The average molecular weight is 415 g/mol. The molecule has 3 aliphatic rings. The topological polar surface area (TPSA) is 73.4 Å². The molecule has 3 saturated heterocycles. The molecule has 3 fully saturated rings. The first-order valence-corrected chi connectivity index (χ1v) is 10.8. The van der Waals surface area contributed by atoms with E-state index >= 15 is 0 Å². The highest BCUT2D eigenvalue weighted by Crippen LogP contribution is 2.39. The van der Waals surface area contributed by atoms with E-state index in [-0.39, 0.29) is 24.3 Å². The van der Waals surface area contributed by atoms with Gasteiger partial charge < -0.3 is 24.3 Å². The number of anilines is 1. The van der Waals surface area contributed by atoms with Crippen LogP contribution in [0.2, 0.25) is 0 Å². The third-order valence-electron chi connectivity index (χ3n) is 6.52. The summed E-state index contributed by atoms with van der Waals surface area (Å²) in [4.78, 5) is 46.0. The molecule has 0 bridgehead atoms. The molecule has 0 N–H and O–H groups in total. The number of piperidine rings is 1. The first kappa shape index (κ1) is 20.7. The molecular formula is C22H30N4O4. The maximum absolute atomic E-state index is 13.6. The molecule has 0 aromatic heterocycles. The predicted molar refractivity (Wildman–Crippen MR) is 112 cm³/mol. The summed E-state index contributed by atoms with van der Waals surface area (Å²) in [5.74, 6) is 0.0905. The molecular weight excluding hydrogens is 384 g/mol. The van der Waals surface area contributed by atoms with Gasteiger partial charge in [0.25, 0.3) is 5.91 Å². The largest absolute Gasteiger partial charge is 0.378 e. The standard InChI is InChI=1S/C22H30N4O4/c1-2-19(27)23-10-8-22(9-11-23)21(29)25(16-20(28)24-12-14-30-15-13-24)17-26(22)18-6-4-3-5-7-18/h3-7H,2,8-17H2,1H3. The molecule has 0 saturated carbocycles. The maximum Gasteiger partial charge on any atom is 0.250 e. The van der Waals surface area contributed by atoms with Crippen molar-refractivity contribution in [2.24, 2.45) is 0 Å². The smallest absolute Gasteiger partial charge is 0.250 e. The zero-order valence-corrected chi connectivity index (χ0v) is 17.6. The number of morpholine rings is 1. The highest BCUT2D eigenvalue weighted by atomic mass is 16.5. The van der Waals surface area contributed by atoms with Crippen LogP contribution in [0.25, 0.3) is 0 Å². The maximum atomic E-state index is 13.6. The van der Waals surface area contributed by atoms with Crippen LogP contribution in [0.4, 0.5) is 5.69 Å². The number of para-hydroxylation sites is 1. The van der Waals surface area contributed by atoms with Crippen molar-refractivity contribution in [3.05, 3.63) is 30.3 Å². The minimum Gasteiger partial charge on any atom is -0.378 e. The summed E-state index contributed by atoms with van der Waals surface area (Å²) < 4.78 is 5.33. The van der Waals surface area contributed by atoms with Crippen LogP contribution in [0, 0.1) is 0 Å². The quantitative estimate of drug-likeness (QED) is 0.733. The van der Waals surface area contributed by atoms with Crippen molar-refractivity contribution in [2.75, 3.05) is 57.5 Å². The van der Waals surface area contributed by atoms with Gasteiger partial charge in [-0.2, -0.15) is 0 Å². The molecule has 1 spiro atoms. The summed E-state index contributed by atoms with van der Waals surface area (Å²) in [7, 11) is 0. The Labute approximate surface area is 177 Å². The van der Waals surface area contributed by atoms with Gasteiger partial charge in [-0.25, -0.2) is 0 Å². The first-order valence-electron chi connectivity index (χ1n) is 10.8. The summed E-state index contributed by atoms with van der Waals surface area (Å²) in [5.41, 5.74) is 0.277. The van der Waals surface area contributed by atoms with Crippen molar-refractivity contribution in [1.82, 2.24) is 14.7 Å². The van der Waals surface area contributed by atoms with E-state index in [1.54, 1.807) is 9.80 Å². The van der Waals surface area contributed by atoms with Gasteiger partial charge in [0.05, 0.1) is 19.9 Å². The lowest BCUT2D eigenvalue weighted by Crippen LogP contribution is -2.57. The van der Waals surface area contributed by atoms with Crippen molar-refractivity contribution >= 4 is 23.4 Å². The molecule has 3 heterocycles. The average Bonchev–Trinajstić information content (AvgIpc) is 3.06. The molecule has 0 unspecified atom stereocenters. The number of nitrogens with zero attached hydrogens (tertiary/aromatic N) is 4. The molecule has 3 aliphatic heterocycles. The number of carbonyl (C=O) groups is 3. The fourth-order valence-corrected chi connectivity index (χ4v) is 4.75. The van der Waals surface area contributed by atoms with Gasteiger partial charge in [0.1, 0.15) is 12.1 Å². The lowest BCUT2D eigenvalue weighted by Gasteiger charge is -2.43. The monoisotopic (exact) mass is 414 g/mol. The van der Waals surface area contributed by atoms with Crippen LogP contribution in [-0.4, -0.2) is 90.6 Å². The van der Waals surface area contributed by atoms with Gasteiger partial charge in [-0.3, -0.25) is 14.4 Å². The Morgan fingerprint density at radius 3 is 2.23 bits per heavy atom. The van der Waals surface area contributed by atoms with Crippen LogP contribution in [0.1, 0.15) is 26.2 Å². The minimum absolute atomic E-state index is 0.00319. The summed E-state index contributed by atoms with van der Waals surface area (Å²) >= 11 is 0. The number of hydrogen-bond acceptors (Lipinski definition) is 5. The van der Waals surface area contributed by atoms with Crippen LogP contribution >= 0.6 is 0 Å². The van der Waals surface area contributed by atoms with E-state index in [1.165, 1.54) is 0 Å². The Kier molecular flexibility index (Phi) is 5.94. The Balaban J connectivity index is 1.55. The molecule has 0 radical (unpaired) electrons. The normalized spacial score (nSPS) is 21.4. The Morgan fingerprint density at radius 1 is 0.967 bits per heavy atom. The highest BCUT2D eigenvalue weighted by Gasteiger charge is 2.54. The minimum atomic E-state index is -0.697. The highest BCUT2D eigenvalue weighted by molar-refractivity contribution is 5.96. The van der Waals surface area contributed by atoms with Gasteiger partial charge in [0, 0.05) is 38.3 Å². The molecule has 162 valence electrons. The van der Waals surface area contributed by atoms with Gasteiger partial charge in [0.15, 0.2) is 0 Å². The number of likely N-dealkylation sites (tertiary alicyclic amines) is 1. The third kappa shape index (κ3) is 3.76. The summed E-state index contributed by atoms with van der Waals surface area (Å²) in [6.45, 7) is 5.69. The molecule has 30 heavy (non-hydrogen) atoms. The Morgan fingerprint density at radius 2 is 1.60 bits per heavy atom. The fourth-order valence-electron chi connectivity index (χ4n) is 4.75. The van der Waals surface area contributed by atoms with E-state index in [1.807, 2.05) is 42.2 Å². The molecule has 0 atom stereocenters. The van der Waals surface area contributed by atoms with Crippen molar-refractivity contribution in [1.29, 1.82) is 0 Å². The lowest BCUT2D eigenvalue weighted by atomic mass is 9.85. The Bertz CT molecular complexity index is 786. The van der Waals surface area contributed by atoms with Crippen LogP contribution in [0.5, 0.6) is 0 Å². The van der Waals surface area contributed by atoms with Gasteiger partial charge in [-0.05, 0) is 25.0 Å². The number of benzene rings is 1. The van der Waals surface area contributed by atoms with Gasteiger partial charge >= 0.3 is 0 Å². The second-order valence-corrected chi connectivity index (χ2v) is 8.17. The van der Waals surface area contributed by atoms with Gasteiger partial charge in [0.2, 0.25) is 11.8 Å². The van der Waals surface area contributed by atoms with Crippen LogP contribution in [0.15, 0.2) is 30.3 Å². The van der Waals surface area contributed by atoms with E-state index < -0.39 is 5.54 Å². The van der Waals surface area contributed by atoms with Crippen molar-refractivity contribution in [3.63, 3.8) is 0 Å². The summed E-state index contributed by atoms with van der Waals surface area (Å²) in [5, 5.41) is 0. The molecule has 4 rings (SSSR count). The van der Waals surface area contributed by atoms with E-state index in [2.05, 4.69) is 4.90 Å². The van der Waals surface area contributed by atoms with Crippen molar-refractivity contribution in [2.45, 2.75) is 31.7 Å². The summed E-state index contributed by atoms with van der Waals surface area (Å²) in [6.07, 6.45) is 1.63. The van der Waals surface area contributed by atoms with E-state index in [0.29, 0.717) is 65.3 Å². The fraction of sp³-hybridized carbons (Fsp3) is 0.591. The molecule has 1 aromatic carbocycles. The molecule has 8 heteroatoms. The first-order chi connectivity index (χ1) is 14.5. The number of rotatable bonds is 4. The Hall–Kier alpha value is -2.61. The molecule has 3 amide bonds. The van der Waals surface area contributed by atoms with E-state index in [4.69, 9.17) is 4.74 Å². The number of hydrogen-bond donors (Lipinski definition) is 0. The SMILES string of the molecule is CCC(=O)N1CCC2(CC1)C(=O)N(CC(=O)N1CCOCC1)CN2c1ccccc1. The third-order valence-corrected chi connectivity index (χ3v) is 6.52. The van der Waals surface area contributed by atoms with E-state index in [9.17, 15) is 14.4 Å². The zero-order valence-electron chi connectivity index (χ0n) is 17.6. The van der Waals surface area contributed by atoms with Crippen LogP contribution in [-0.2, 0) is 19.1 Å². The predicted octanol–water partition coefficient (Wildman–Crippen LogP) is 0.923. The lowest BCUT2D eigenvalue weighted by molar-refractivity contribution is -0.143. The number of amides is 3. The van der Waals surface area contributed by atoms with Crippen LogP contribution in [0.3, 0.4) is 0 Å². The van der Waals surface area contributed by atoms with Gasteiger partial charge in [-0.1, -0.05) is 25.1 Å². The van der Waals surface area contributed by atoms with Crippen molar-refractivity contribution < 1.29 is 19.1 Å². The molecule has 1 aromatic rings. The number of ether oxygens (including phenoxy) is 1. The summed E-state index contributed by atoms with van der Waals surface area (Å²) in [6, 6.07) is 9.89. The zero-order chi connectivity index (χ0) is 21.1. The second kappa shape index (κ2) is 8.63. The van der Waals surface area contributed by atoms with Crippen LogP contribution < -0.4 is 4.90 Å². The molecule has 8 nitrogen and oxygen atoms in total. The van der Waals surface area contributed by atoms with E-state index in [0.717, 1.165) is 5.69 Å².